The maximum absolute atomic E-state index is 12.5. The number of rotatable bonds is 2. The van der Waals surface area contributed by atoms with E-state index in [4.69, 9.17) is 0 Å². The first kappa shape index (κ1) is 12.8. The summed E-state index contributed by atoms with van der Waals surface area (Å²) < 4.78 is 8.72. The Morgan fingerprint density at radius 2 is 2.16 bits per heavy atom. The first-order chi connectivity index (χ1) is 9.19. The molecule has 1 aromatic heterocycles. The van der Waals surface area contributed by atoms with Crippen molar-refractivity contribution in [3.05, 3.63) is 18.2 Å². The van der Waals surface area contributed by atoms with Crippen molar-refractivity contribution in [2.45, 2.75) is 19.8 Å². The molecule has 5 nitrogen and oxygen atoms in total. The average Bonchev–Trinajstić information content (AvgIpc) is 2.89. The topological polar surface area (TPSA) is 66.9 Å². The van der Waals surface area contributed by atoms with Crippen LogP contribution < -0.4 is 10.6 Å². The third-order valence-electron chi connectivity index (χ3n) is 3.79. The van der Waals surface area contributed by atoms with Gasteiger partial charge in [0, 0.05) is 0 Å². The van der Waals surface area contributed by atoms with Crippen LogP contribution in [0.1, 0.15) is 19.8 Å². The van der Waals surface area contributed by atoms with Crippen LogP contribution in [0.4, 0.5) is 5.69 Å². The van der Waals surface area contributed by atoms with Crippen LogP contribution in [0.5, 0.6) is 0 Å². The zero-order valence-corrected chi connectivity index (χ0v) is 12.5. The van der Waals surface area contributed by atoms with Crippen LogP contribution in [0.15, 0.2) is 18.2 Å². The van der Waals surface area contributed by atoms with Crippen molar-refractivity contribution in [3.63, 3.8) is 0 Å². The van der Waals surface area contributed by atoms with Crippen LogP contribution in [-0.4, -0.2) is 41.9 Å². The fraction of sp³-hybridized carbons (Fsp3) is 0.462. The molecule has 19 heavy (non-hydrogen) atoms. The molecule has 2 aromatic rings. The number of fused-ring (bicyclic) bond motifs is 1. The molecule has 2 heterocycles. The van der Waals surface area contributed by atoms with Crippen molar-refractivity contribution >= 4 is 37.6 Å². The molecule has 0 radical (unpaired) electrons. The molecule has 1 aliphatic rings. The van der Waals surface area contributed by atoms with Crippen LogP contribution in [0.3, 0.4) is 0 Å². The van der Waals surface area contributed by atoms with Crippen molar-refractivity contribution in [3.8, 4) is 0 Å². The Balaban J connectivity index is 1.84. The Bertz CT molecular complexity index is 603. The Kier molecular flexibility index (Phi) is 3.39. The number of aromatic nitrogens is 2. The summed E-state index contributed by atoms with van der Waals surface area (Å²) in [4.78, 5) is 12.5. The van der Waals surface area contributed by atoms with E-state index in [1.54, 1.807) is 0 Å². The van der Waals surface area contributed by atoms with Crippen LogP contribution in [0.2, 0.25) is 0 Å². The molecule has 1 aliphatic heterocycles. The number of hydrogen-bond acceptors (Lipinski definition) is 4. The van der Waals surface area contributed by atoms with E-state index in [0.717, 1.165) is 42.7 Å². The van der Waals surface area contributed by atoms with E-state index in [0.29, 0.717) is 0 Å². The van der Waals surface area contributed by atoms with Gasteiger partial charge in [0.25, 0.3) is 0 Å². The van der Waals surface area contributed by atoms with E-state index in [1.807, 2.05) is 25.1 Å². The van der Waals surface area contributed by atoms with Crippen LogP contribution >= 0.6 is 0 Å². The summed E-state index contributed by atoms with van der Waals surface area (Å²) in [7, 11) is 0. The summed E-state index contributed by atoms with van der Waals surface area (Å²) in [6.45, 7) is 3.84. The van der Waals surface area contributed by atoms with Gasteiger partial charge in [-0.2, -0.15) is 0 Å². The summed E-state index contributed by atoms with van der Waals surface area (Å²) in [5.41, 5.74) is 2.25. The number of carbonyl (C=O) groups is 1. The molecule has 1 fully saturated rings. The number of amides is 1. The van der Waals surface area contributed by atoms with Gasteiger partial charge in [-0.05, 0) is 0 Å². The molecule has 0 unspecified atom stereocenters. The zero-order valence-electron chi connectivity index (χ0n) is 10.8. The van der Waals surface area contributed by atoms with Gasteiger partial charge >= 0.3 is 117 Å². The van der Waals surface area contributed by atoms with Crippen molar-refractivity contribution in [1.29, 1.82) is 0 Å². The Morgan fingerprint density at radius 3 is 2.95 bits per heavy atom. The summed E-state index contributed by atoms with van der Waals surface area (Å²) in [5.74, 6) is 0.0944. The minimum atomic E-state index is -0.283. The summed E-state index contributed by atoms with van der Waals surface area (Å²) in [6.07, 6.45) is 1.75. The molecule has 6 heteroatoms. The molecule has 0 spiro atoms. The van der Waals surface area contributed by atoms with Crippen LogP contribution in [-0.2, 0) is 4.79 Å². The molecule has 1 saturated heterocycles. The fourth-order valence-corrected chi connectivity index (χ4v) is 3.54. The molecular formula is C13H16N4OSe. The number of nitrogens with one attached hydrogen (secondary N) is 2. The molecule has 0 saturated carbocycles. The van der Waals surface area contributed by atoms with Gasteiger partial charge < -0.3 is 0 Å². The van der Waals surface area contributed by atoms with Crippen molar-refractivity contribution in [2.75, 3.05) is 18.4 Å². The van der Waals surface area contributed by atoms with Gasteiger partial charge in [-0.25, -0.2) is 0 Å². The van der Waals surface area contributed by atoms with Gasteiger partial charge in [-0.15, -0.1) is 0 Å². The normalized spacial score (nSPS) is 18.4. The number of nitrogens with zero attached hydrogens (tertiary/aromatic N) is 2. The third-order valence-corrected chi connectivity index (χ3v) is 4.93. The van der Waals surface area contributed by atoms with E-state index >= 15 is 0 Å². The predicted molar refractivity (Wildman–Crippen MR) is 75.3 cm³/mol. The summed E-state index contributed by atoms with van der Waals surface area (Å²) >= 11 is -0.0676. The van der Waals surface area contributed by atoms with Crippen molar-refractivity contribution < 1.29 is 4.79 Å². The van der Waals surface area contributed by atoms with E-state index in [2.05, 4.69) is 18.6 Å². The fourth-order valence-electron chi connectivity index (χ4n) is 2.39. The second kappa shape index (κ2) is 5.04. The predicted octanol–water partition coefficient (Wildman–Crippen LogP) is 1.01. The van der Waals surface area contributed by atoms with E-state index in [-0.39, 0.29) is 26.3 Å². The van der Waals surface area contributed by atoms with Gasteiger partial charge in [-0.1, -0.05) is 0 Å². The zero-order chi connectivity index (χ0) is 13.3. The van der Waals surface area contributed by atoms with Crippen molar-refractivity contribution in [1.82, 2.24) is 13.3 Å². The number of benzene rings is 1. The maximum atomic E-state index is 12.5. The second-order valence-corrected chi connectivity index (χ2v) is 6.31. The third kappa shape index (κ3) is 2.43. The van der Waals surface area contributed by atoms with Gasteiger partial charge in [0.1, 0.15) is 0 Å². The number of anilines is 1. The summed E-state index contributed by atoms with van der Waals surface area (Å²) in [6, 6.07) is 5.76. The molecule has 1 aromatic carbocycles. The number of piperidine rings is 1. The number of hydrogen-bond donors (Lipinski definition) is 2. The van der Waals surface area contributed by atoms with Crippen molar-refractivity contribution in [2.24, 2.45) is 5.41 Å². The molecule has 3 rings (SSSR count). The average molecular weight is 323 g/mol. The summed E-state index contributed by atoms with van der Waals surface area (Å²) in [5, 5.41) is 6.33. The minimum absolute atomic E-state index is 0.0676. The Hall–Kier alpha value is -1.23. The van der Waals surface area contributed by atoms with Crippen LogP contribution in [0.25, 0.3) is 11.0 Å². The number of carbonyl (C=O) groups excluding carboxylic acids is 1. The molecule has 100 valence electrons. The first-order valence-electron chi connectivity index (χ1n) is 6.42. The first-order valence-corrected chi connectivity index (χ1v) is 7.96. The molecule has 1 amide bonds. The van der Waals surface area contributed by atoms with E-state index < -0.39 is 0 Å². The van der Waals surface area contributed by atoms with Crippen LogP contribution in [0, 0.1) is 5.41 Å². The van der Waals surface area contributed by atoms with Gasteiger partial charge in [-0.3, -0.25) is 0 Å². The molecule has 0 bridgehead atoms. The van der Waals surface area contributed by atoms with Gasteiger partial charge in [0.05, 0.1) is 0 Å². The Labute approximate surface area is 118 Å². The Morgan fingerprint density at radius 1 is 1.37 bits per heavy atom. The van der Waals surface area contributed by atoms with Gasteiger partial charge in [0.2, 0.25) is 0 Å². The molecule has 2 N–H and O–H groups in total. The molecule has 0 aliphatic carbocycles. The van der Waals surface area contributed by atoms with Gasteiger partial charge in [0.15, 0.2) is 0 Å². The monoisotopic (exact) mass is 324 g/mol. The molecule has 0 atom stereocenters. The second-order valence-electron chi connectivity index (χ2n) is 5.20. The molecular weight excluding hydrogens is 307 g/mol. The SMILES string of the molecule is CC1(C(=O)Nc2cccc3n[se]nc23)CCNCC1. The van der Waals surface area contributed by atoms with E-state index in [9.17, 15) is 4.79 Å². The van der Waals surface area contributed by atoms with E-state index in [1.165, 1.54) is 0 Å². The quantitative estimate of drug-likeness (QED) is 0.810. The standard InChI is InChI=1S/C13H16N4OSe/c1-13(5-7-14-8-6-13)12(18)15-9-3-2-4-10-11(9)17-19-16-10/h2-4,14H,5-8H2,1H3,(H,15,18).